The van der Waals surface area contributed by atoms with Gasteiger partial charge in [0, 0.05) is 22.0 Å². The number of nitrogens with zero attached hydrogens (tertiary/aromatic N) is 2. The second kappa shape index (κ2) is 11.4. The molecule has 0 saturated carbocycles. The van der Waals surface area contributed by atoms with E-state index in [-0.39, 0.29) is 13.0 Å². The normalized spacial score (nSPS) is 10.9. The Hall–Kier alpha value is -4.23. The minimum absolute atomic E-state index is 0.00366. The zero-order chi connectivity index (χ0) is 26.5. The molecule has 190 valence electrons. The molecular formula is C31H24BrFN2O3. The molecule has 5 rings (SSSR count). The molecule has 0 atom stereocenters. The van der Waals surface area contributed by atoms with E-state index in [4.69, 9.17) is 14.9 Å². The minimum Gasteiger partial charge on any atom is -0.493 e. The smallest absolute Gasteiger partial charge is 0.303 e. The lowest BCUT2D eigenvalue weighted by Crippen LogP contribution is -2.03. The monoisotopic (exact) mass is 570 g/mol. The van der Waals surface area contributed by atoms with Crippen molar-refractivity contribution in [3.63, 3.8) is 0 Å². The van der Waals surface area contributed by atoms with Crippen LogP contribution in [0.25, 0.3) is 39.3 Å². The van der Waals surface area contributed by atoms with Gasteiger partial charge in [-0.1, -0.05) is 76.6 Å². The maximum absolute atomic E-state index is 14.4. The summed E-state index contributed by atoms with van der Waals surface area (Å²) in [6, 6.07) is 32.3. The van der Waals surface area contributed by atoms with Crippen LogP contribution in [0, 0.1) is 5.82 Å². The standard InChI is InChI=1S/C31H24BrFN2O3/c32-27-10-5-4-9-25(27)29-20-28(26-19-23(33)14-17-30(26)38-18-6-11-31(36)37)34-35(29)24-15-12-22(13-16-24)21-7-2-1-3-8-21/h1-5,7-10,12-17,19-20H,6,11,18H2,(H,36,37). The Labute approximate surface area is 228 Å². The highest BCUT2D eigenvalue weighted by molar-refractivity contribution is 9.10. The highest BCUT2D eigenvalue weighted by Gasteiger charge is 2.18. The van der Waals surface area contributed by atoms with Crippen molar-refractivity contribution < 1.29 is 19.0 Å². The second-order valence-corrected chi connectivity index (χ2v) is 9.56. The summed E-state index contributed by atoms with van der Waals surface area (Å²) in [7, 11) is 0. The Bertz CT molecular complexity index is 1570. The summed E-state index contributed by atoms with van der Waals surface area (Å²) in [5.41, 5.74) is 5.84. The van der Waals surface area contributed by atoms with Crippen LogP contribution in [0.4, 0.5) is 4.39 Å². The average molecular weight is 571 g/mol. The summed E-state index contributed by atoms with van der Waals surface area (Å²) in [6.45, 7) is 0.198. The van der Waals surface area contributed by atoms with Crippen molar-refractivity contribution in [3.05, 3.63) is 113 Å². The maximum atomic E-state index is 14.4. The van der Waals surface area contributed by atoms with Crippen LogP contribution in [0.3, 0.4) is 0 Å². The van der Waals surface area contributed by atoms with Crippen molar-refractivity contribution in [1.29, 1.82) is 0 Å². The first kappa shape index (κ1) is 25.4. The first-order chi connectivity index (χ1) is 18.5. The number of benzene rings is 4. The lowest BCUT2D eigenvalue weighted by atomic mass is 10.1. The van der Waals surface area contributed by atoms with Crippen LogP contribution < -0.4 is 4.74 Å². The number of carboxylic acid groups (broad SMARTS) is 1. The van der Waals surface area contributed by atoms with Crippen LogP contribution in [-0.2, 0) is 4.79 Å². The molecule has 0 aliphatic carbocycles. The fourth-order valence-corrected chi connectivity index (χ4v) is 4.72. The molecule has 0 fully saturated rings. The van der Waals surface area contributed by atoms with Gasteiger partial charge in [-0.3, -0.25) is 4.79 Å². The molecule has 0 spiro atoms. The van der Waals surface area contributed by atoms with Crippen molar-refractivity contribution in [2.75, 3.05) is 6.61 Å². The predicted octanol–water partition coefficient (Wildman–Crippen LogP) is 8.02. The van der Waals surface area contributed by atoms with E-state index in [1.54, 1.807) is 6.07 Å². The quantitative estimate of drug-likeness (QED) is 0.182. The second-order valence-electron chi connectivity index (χ2n) is 8.71. The van der Waals surface area contributed by atoms with Crippen LogP contribution in [0.5, 0.6) is 5.75 Å². The van der Waals surface area contributed by atoms with E-state index < -0.39 is 11.8 Å². The molecule has 0 unspecified atom stereocenters. The predicted molar refractivity (Wildman–Crippen MR) is 150 cm³/mol. The van der Waals surface area contributed by atoms with E-state index >= 15 is 0 Å². The summed E-state index contributed by atoms with van der Waals surface area (Å²) in [5.74, 6) is -0.857. The molecule has 0 bridgehead atoms. The molecule has 0 aliphatic heterocycles. The fraction of sp³-hybridized carbons (Fsp3) is 0.0968. The van der Waals surface area contributed by atoms with Gasteiger partial charge in [-0.15, -0.1) is 0 Å². The highest BCUT2D eigenvalue weighted by atomic mass is 79.9. The number of carbonyl (C=O) groups is 1. The fourth-order valence-electron chi connectivity index (χ4n) is 4.23. The molecule has 0 radical (unpaired) electrons. The zero-order valence-corrected chi connectivity index (χ0v) is 21.9. The van der Waals surface area contributed by atoms with E-state index in [9.17, 15) is 9.18 Å². The highest BCUT2D eigenvalue weighted by Crippen LogP contribution is 2.37. The number of halogens is 2. The molecule has 1 heterocycles. The third-order valence-electron chi connectivity index (χ3n) is 6.09. The molecule has 38 heavy (non-hydrogen) atoms. The molecule has 1 aromatic heterocycles. The summed E-state index contributed by atoms with van der Waals surface area (Å²) in [5, 5.41) is 13.8. The third kappa shape index (κ3) is 5.68. The van der Waals surface area contributed by atoms with Gasteiger partial charge in [-0.2, -0.15) is 5.10 Å². The van der Waals surface area contributed by atoms with Gasteiger partial charge in [0.2, 0.25) is 0 Å². The van der Waals surface area contributed by atoms with Gasteiger partial charge in [0.1, 0.15) is 11.6 Å². The molecule has 7 heteroatoms. The van der Waals surface area contributed by atoms with Gasteiger partial charge in [-0.05, 0) is 60.0 Å². The van der Waals surface area contributed by atoms with Crippen molar-refractivity contribution in [2.24, 2.45) is 0 Å². The molecule has 4 aromatic carbocycles. The van der Waals surface area contributed by atoms with Crippen LogP contribution in [0.15, 0.2) is 108 Å². The molecule has 1 N–H and O–H groups in total. The van der Waals surface area contributed by atoms with Crippen molar-refractivity contribution in [1.82, 2.24) is 9.78 Å². The zero-order valence-electron chi connectivity index (χ0n) is 20.4. The van der Waals surface area contributed by atoms with Gasteiger partial charge >= 0.3 is 5.97 Å². The molecule has 5 aromatic rings. The molecule has 0 aliphatic rings. The molecule has 0 saturated heterocycles. The first-order valence-electron chi connectivity index (χ1n) is 12.1. The number of rotatable bonds is 9. The number of aliphatic carboxylic acids is 1. The van der Waals surface area contributed by atoms with E-state index in [1.807, 2.05) is 65.3 Å². The van der Waals surface area contributed by atoms with E-state index in [2.05, 4.69) is 40.2 Å². The van der Waals surface area contributed by atoms with Crippen molar-refractivity contribution in [3.8, 4) is 45.1 Å². The molecular weight excluding hydrogens is 547 g/mol. The van der Waals surface area contributed by atoms with Crippen molar-refractivity contribution >= 4 is 21.9 Å². The van der Waals surface area contributed by atoms with Crippen LogP contribution >= 0.6 is 15.9 Å². The first-order valence-corrected chi connectivity index (χ1v) is 12.9. The SMILES string of the molecule is O=C(O)CCCOc1ccc(F)cc1-c1cc(-c2ccccc2Br)n(-c2ccc(-c3ccccc3)cc2)n1. The number of aromatic nitrogens is 2. The number of hydrogen-bond acceptors (Lipinski definition) is 3. The lowest BCUT2D eigenvalue weighted by Gasteiger charge is -2.11. The Morgan fingerprint density at radius 1 is 0.868 bits per heavy atom. The van der Waals surface area contributed by atoms with Gasteiger partial charge < -0.3 is 9.84 Å². The summed E-state index contributed by atoms with van der Waals surface area (Å²) in [6.07, 6.45) is 0.340. The third-order valence-corrected chi connectivity index (χ3v) is 6.78. The molecule has 5 nitrogen and oxygen atoms in total. The Kier molecular flexibility index (Phi) is 7.65. The van der Waals surface area contributed by atoms with Crippen LogP contribution in [0.2, 0.25) is 0 Å². The number of hydrogen-bond donors (Lipinski definition) is 1. The Balaban J connectivity index is 1.57. The average Bonchev–Trinajstić information content (AvgIpc) is 3.37. The van der Waals surface area contributed by atoms with Gasteiger partial charge in [0.15, 0.2) is 0 Å². The van der Waals surface area contributed by atoms with Crippen LogP contribution in [-0.4, -0.2) is 27.5 Å². The minimum atomic E-state index is -0.886. The summed E-state index contributed by atoms with van der Waals surface area (Å²) < 4.78 is 23.0. The molecule has 0 amide bonds. The largest absolute Gasteiger partial charge is 0.493 e. The van der Waals surface area contributed by atoms with E-state index in [1.165, 1.54) is 12.1 Å². The van der Waals surface area contributed by atoms with Crippen molar-refractivity contribution in [2.45, 2.75) is 12.8 Å². The van der Waals surface area contributed by atoms with E-state index in [0.29, 0.717) is 23.4 Å². The number of carboxylic acids is 1. The van der Waals surface area contributed by atoms with Gasteiger partial charge in [0.05, 0.1) is 23.7 Å². The number of ether oxygens (including phenoxy) is 1. The van der Waals surface area contributed by atoms with Gasteiger partial charge in [0.25, 0.3) is 0 Å². The van der Waals surface area contributed by atoms with E-state index in [0.717, 1.165) is 32.5 Å². The summed E-state index contributed by atoms with van der Waals surface area (Å²) in [4.78, 5) is 10.9. The topological polar surface area (TPSA) is 64.3 Å². The Morgan fingerprint density at radius 3 is 2.32 bits per heavy atom. The Morgan fingerprint density at radius 2 is 1.58 bits per heavy atom. The maximum Gasteiger partial charge on any atom is 0.303 e. The van der Waals surface area contributed by atoms with Crippen LogP contribution in [0.1, 0.15) is 12.8 Å². The summed E-state index contributed by atoms with van der Waals surface area (Å²) >= 11 is 3.65. The van der Waals surface area contributed by atoms with Gasteiger partial charge in [-0.25, -0.2) is 9.07 Å². The lowest BCUT2D eigenvalue weighted by molar-refractivity contribution is -0.137.